The van der Waals surface area contributed by atoms with Crippen LogP contribution in [0.2, 0.25) is 0 Å². The number of nitrogens with one attached hydrogen (secondary N) is 1. The molecule has 0 unspecified atom stereocenters. The molecule has 2 atom stereocenters. The molecule has 0 spiro atoms. The molecule has 1 heterocycles. The molecule has 0 aromatic heterocycles. The van der Waals surface area contributed by atoms with Crippen molar-refractivity contribution in [3.05, 3.63) is 22.7 Å². The van der Waals surface area contributed by atoms with Crippen molar-refractivity contribution in [2.24, 2.45) is 0 Å². The van der Waals surface area contributed by atoms with Gasteiger partial charge in [-0.25, -0.2) is 8.42 Å². The number of hydrogen-bond acceptors (Lipinski definition) is 5. The van der Waals surface area contributed by atoms with Gasteiger partial charge in [-0.15, -0.1) is 0 Å². The first-order valence-electron chi connectivity index (χ1n) is 6.08. The van der Waals surface area contributed by atoms with Crippen molar-refractivity contribution >= 4 is 26.0 Å². The number of hydrogen-bond donors (Lipinski definition) is 2. The van der Waals surface area contributed by atoms with Crippen LogP contribution in [-0.2, 0) is 10.0 Å². The maximum atomic E-state index is 12.7. The number of β-amino-alcohol motifs (C(OH)–C–C–N with tert-alkyl or cyclic N) is 1. The van der Waals surface area contributed by atoms with E-state index in [1.165, 1.54) is 24.5 Å². The Morgan fingerprint density at radius 1 is 1.45 bits per heavy atom. The average Bonchev–Trinajstić information content (AvgIpc) is 2.83. The zero-order valence-electron chi connectivity index (χ0n) is 11.2. The van der Waals surface area contributed by atoms with Crippen molar-refractivity contribution in [3.8, 4) is 5.75 Å². The molecule has 8 heteroatoms. The van der Waals surface area contributed by atoms with E-state index in [2.05, 4.69) is 21.2 Å². The second-order valence-electron chi connectivity index (χ2n) is 4.61. The van der Waals surface area contributed by atoms with Crippen molar-refractivity contribution in [1.29, 1.82) is 0 Å². The topological polar surface area (TPSA) is 78.9 Å². The fourth-order valence-corrected chi connectivity index (χ4v) is 4.28. The van der Waals surface area contributed by atoms with Crippen molar-refractivity contribution in [1.82, 2.24) is 9.62 Å². The summed E-state index contributed by atoms with van der Waals surface area (Å²) in [6.07, 6.45) is -0.715. The number of halogens is 1. The number of aliphatic hydroxyl groups excluding tert-OH is 1. The normalized spacial score (nSPS) is 23.2. The minimum Gasteiger partial charge on any atom is -0.495 e. The van der Waals surface area contributed by atoms with Crippen LogP contribution in [-0.4, -0.2) is 57.2 Å². The van der Waals surface area contributed by atoms with Crippen LogP contribution >= 0.6 is 15.9 Å². The van der Waals surface area contributed by atoms with E-state index < -0.39 is 22.2 Å². The van der Waals surface area contributed by atoms with Gasteiger partial charge in [0.05, 0.1) is 19.3 Å². The molecule has 0 aliphatic carbocycles. The van der Waals surface area contributed by atoms with Gasteiger partial charge in [0.25, 0.3) is 0 Å². The average molecular weight is 365 g/mol. The van der Waals surface area contributed by atoms with Crippen molar-refractivity contribution in [3.63, 3.8) is 0 Å². The lowest BCUT2D eigenvalue weighted by molar-refractivity contribution is 0.136. The summed E-state index contributed by atoms with van der Waals surface area (Å²) in [6, 6.07) is 4.32. The van der Waals surface area contributed by atoms with Gasteiger partial charge in [-0.05, 0) is 18.2 Å². The lowest BCUT2D eigenvalue weighted by Gasteiger charge is -2.26. The van der Waals surface area contributed by atoms with Gasteiger partial charge in [0.2, 0.25) is 10.0 Å². The van der Waals surface area contributed by atoms with Gasteiger partial charge in [-0.3, -0.25) is 0 Å². The summed E-state index contributed by atoms with van der Waals surface area (Å²) < 4.78 is 32.3. The lowest BCUT2D eigenvalue weighted by atomic mass is 10.2. The van der Waals surface area contributed by atoms with Crippen LogP contribution in [0.1, 0.15) is 0 Å². The number of aliphatic hydroxyl groups is 1. The monoisotopic (exact) mass is 364 g/mol. The van der Waals surface area contributed by atoms with Gasteiger partial charge in [-0.2, -0.15) is 4.31 Å². The molecule has 1 aromatic rings. The van der Waals surface area contributed by atoms with Crippen molar-refractivity contribution < 1.29 is 18.3 Å². The molecule has 2 rings (SSSR count). The van der Waals surface area contributed by atoms with Crippen LogP contribution in [0.25, 0.3) is 0 Å². The molecule has 20 heavy (non-hydrogen) atoms. The van der Waals surface area contributed by atoms with Gasteiger partial charge in [-0.1, -0.05) is 15.9 Å². The number of methoxy groups -OCH3 is 1. The summed E-state index contributed by atoms with van der Waals surface area (Å²) in [5.41, 5.74) is 0. The molecule has 1 aliphatic heterocycles. The zero-order valence-corrected chi connectivity index (χ0v) is 13.6. The standard InChI is InChI=1S/C12H17BrN2O4S/c1-15(9-6-14-7-10(9)16)20(17,18)12-5-8(13)3-4-11(12)19-2/h3-5,9-10,14,16H,6-7H2,1-2H3/t9-,10-/m0/s1. The molecule has 6 nitrogen and oxygen atoms in total. The summed E-state index contributed by atoms with van der Waals surface area (Å²) in [7, 11) is -0.849. The zero-order chi connectivity index (χ0) is 14.9. The molecule has 1 aliphatic rings. The van der Waals surface area contributed by atoms with Crippen molar-refractivity contribution in [2.75, 3.05) is 27.2 Å². The third-order valence-corrected chi connectivity index (χ3v) is 5.80. The Morgan fingerprint density at radius 2 is 2.15 bits per heavy atom. The Labute approximate surface area is 126 Å². The largest absolute Gasteiger partial charge is 0.495 e. The maximum absolute atomic E-state index is 12.7. The van der Waals surface area contributed by atoms with Crippen molar-refractivity contribution in [2.45, 2.75) is 17.0 Å². The SMILES string of the molecule is COc1ccc(Br)cc1S(=O)(=O)N(C)[C@H]1CNC[C@@H]1O. The van der Waals surface area contributed by atoms with Gasteiger partial charge >= 0.3 is 0 Å². The quantitative estimate of drug-likeness (QED) is 0.808. The highest BCUT2D eigenvalue weighted by Gasteiger charge is 2.37. The fourth-order valence-electron chi connectivity index (χ4n) is 2.21. The molecule has 0 saturated carbocycles. The number of sulfonamides is 1. The van der Waals surface area contributed by atoms with E-state index >= 15 is 0 Å². The Bertz CT molecular complexity index is 593. The number of ether oxygens (including phenoxy) is 1. The first-order chi connectivity index (χ1) is 9.37. The Hall–Kier alpha value is -0.670. The second kappa shape index (κ2) is 5.98. The fraction of sp³-hybridized carbons (Fsp3) is 0.500. The number of nitrogens with zero attached hydrogens (tertiary/aromatic N) is 1. The van der Waals surface area contributed by atoms with E-state index in [9.17, 15) is 13.5 Å². The number of rotatable bonds is 4. The second-order valence-corrected chi connectivity index (χ2v) is 7.49. The van der Waals surface area contributed by atoms with E-state index in [0.717, 1.165) is 0 Å². The van der Waals surface area contributed by atoms with E-state index in [1.807, 2.05) is 0 Å². The molecule has 112 valence electrons. The van der Waals surface area contributed by atoms with Crippen LogP contribution < -0.4 is 10.1 Å². The summed E-state index contributed by atoms with van der Waals surface area (Å²) in [6.45, 7) is 0.813. The van der Waals surface area contributed by atoms with Crippen LogP contribution in [0.5, 0.6) is 5.75 Å². The molecule has 0 bridgehead atoms. The first kappa shape index (κ1) is 15.7. The molecule has 1 aromatic carbocycles. The maximum Gasteiger partial charge on any atom is 0.246 e. The summed E-state index contributed by atoms with van der Waals surface area (Å²) >= 11 is 3.26. The summed E-state index contributed by atoms with van der Waals surface area (Å²) in [5.74, 6) is 0.278. The van der Waals surface area contributed by atoms with Gasteiger partial charge < -0.3 is 15.2 Å². The lowest BCUT2D eigenvalue weighted by Crippen LogP contribution is -2.44. The van der Waals surface area contributed by atoms with Crippen LogP contribution in [0.15, 0.2) is 27.6 Å². The van der Waals surface area contributed by atoms with Gasteiger partial charge in [0.1, 0.15) is 10.6 Å². The van der Waals surface area contributed by atoms with Gasteiger partial charge in [0.15, 0.2) is 0 Å². The van der Waals surface area contributed by atoms with E-state index in [4.69, 9.17) is 4.74 Å². The summed E-state index contributed by atoms with van der Waals surface area (Å²) in [4.78, 5) is 0.0796. The molecule has 2 N–H and O–H groups in total. The highest BCUT2D eigenvalue weighted by atomic mass is 79.9. The Morgan fingerprint density at radius 3 is 2.70 bits per heavy atom. The molecular weight excluding hydrogens is 348 g/mol. The number of benzene rings is 1. The molecular formula is C12H17BrN2O4S. The molecule has 1 saturated heterocycles. The van der Waals surface area contributed by atoms with Crippen LogP contribution in [0.4, 0.5) is 0 Å². The van der Waals surface area contributed by atoms with E-state index in [-0.39, 0.29) is 10.6 Å². The van der Waals surface area contributed by atoms with Crippen LogP contribution in [0, 0.1) is 0 Å². The van der Waals surface area contributed by atoms with E-state index in [0.29, 0.717) is 17.6 Å². The Kier molecular flexibility index (Phi) is 4.70. The van der Waals surface area contributed by atoms with Crippen LogP contribution in [0.3, 0.4) is 0 Å². The molecule has 0 radical (unpaired) electrons. The third-order valence-electron chi connectivity index (χ3n) is 3.40. The smallest absolute Gasteiger partial charge is 0.246 e. The van der Waals surface area contributed by atoms with Gasteiger partial charge in [0, 0.05) is 24.6 Å². The predicted molar refractivity (Wildman–Crippen MR) is 78.3 cm³/mol. The Balaban J connectivity index is 2.42. The molecule has 1 fully saturated rings. The highest BCUT2D eigenvalue weighted by molar-refractivity contribution is 9.10. The predicted octanol–water partition coefficient (Wildman–Crippen LogP) is 0.411. The first-order valence-corrected chi connectivity index (χ1v) is 8.31. The minimum absolute atomic E-state index is 0.0796. The molecule has 0 amide bonds. The number of likely N-dealkylation sites (N-methyl/N-ethyl adjacent to an activating group) is 1. The summed E-state index contributed by atoms with van der Waals surface area (Å²) in [5, 5.41) is 12.8. The highest BCUT2D eigenvalue weighted by Crippen LogP contribution is 2.30. The minimum atomic E-state index is -3.74. The third kappa shape index (κ3) is 2.84. The van der Waals surface area contributed by atoms with E-state index in [1.54, 1.807) is 12.1 Å².